The number of ether oxygens (including phenoxy) is 1. The van der Waals surface area contributed by atoms with Crippen LogP contribution in [0.25, 0.3) is 18.2 Å². The average molecular weight is 650 g/mol. The molecule has 5 heterocycles. The molecule has 242 valence electrons. The maximum absolute atomic E-state index is 13.1. The van der Waals surface area contributed by atoms with E-state index in [4.69, 9.17) is 9.73 Å². The molecule has 6 rings (SSSR count). The van der Waals surface area contributed by atoms with E-state index in [2.05, 4.69) is 54.8 Å². The van der Waals surface area contributed by atoms with E-state index in [1.54, 1.807) is 0 Å². The minimum absolute atomic E-state index is 0.0579. The van der Waals surface area contributed by atoms with Crippen molar-refractivity contribution in [2.45, 2.75) is 67.0 Å². The summed E-state index contributed by atoms with van der Waals surface area (Å²) in [4.78, 5) is 29.5. The number of nitrogens with zero attached hydrogens (tertiary/aromatic N) is 3. The Balaban J connectivity index is 1.33. The average Bonchev–Trinajstić information content (AvgIpc) is 3.74. The molecule has 0 saturated carbocycles. The number of nitriles is 1. The predicted molar refractivity (Wildman–Crippen MR) is 185 cm³/mol. The second-order valence-electron chi connectivity index (χ2n) is 13.6. The number of hydrogen-bond donors (Lipinski definition) is 2. The summed E-state index contributed by atoms with van der Waals surface area (Å²) in [5, 5.41) is 11.7. The zero-order valence-corrected chi connectivity index (χ0v) is 28.6. The molecule has 1 atom stereocenters. The summed E-state index contributed by atoms with van der Waals surface area (Å²) in [5.74, 6) is -1.03. The van der Waals surface area contributed by atoms with Crippen LogP contribution in [0.2, 0.25) is 0 Å². The molecule has 0 saturated heterocycles. The Morgan fingerprint density at radius 3 is 2.17 bits per heavy atom. The van der Waals surface area contributed by atoms with E-state index in [0.717, 1.165) is 62.0 Å². The second kappa shape index (κ2) is 11.5. The van der Waals surface area contributed by atoms with Gasteiger partial charge in [0, 0.05) is 38.8 Å². The van der Waals surface area contributed by atoms with Crippen molar-refractivity contribution >= 4 is 45.5 Å². The number of hydrogen-bond acceptors (Lipinski definition) is 7. The number of aromatic nitrogens is 2. The van der Waals surface area contributed by atoms with Crippen molar-refractivity contribution < 1.29 is 17.9 Å². The molecule has 0 spiro atoms. The van der Waals surface area contributed by atoms with Crippen LogP contribution in [0.5, 0.6) is 0 Å². The second-order valence-corrected chi connectivity index (χ2v) is 15.6. The maximum atomic E-state index is 13.1. The van der Waals surface area contributed by atoms with Gasteiger partial charge < -0.3 is 14.7 Å². The van der Waals surface area contributed by atoms with Gasteiger partial charge in [0.15, 0.2) is 15.5 Å². The highest BCUT2D eigenvalue weighted by molar-refractivity contribution is 7.92. The first-order valence-electron chi connectivity index (χ1n) is 15.6. The van der Waals surface area contributed by atoms with E-state index in [1.165, 1.54) is 0 Å². The van der Waals surface area contributed by atoms with Crippen molar-refractivity contribution in [3.63, 3.8) is 0 Å². The third-order valence-corrected chi connectivity index (χ3v) is 11.5. The van der Waals surface area contributed by atoms with Crippen LogP contribution in [-0.4, -0.2) is 52.8 Å². The fourth-order valence-corrected chi connectivity index (χ4v) is 7.92. The van der Waals surface area contributed by atoms with E-state index < -0.39 is 21.3 Å². The Kier molecular flexibility index (Phi) is 7.87. The molecule has 0 aliphatic carbocycles. The third kappa shape index (κ3) is 5.85. The van der Waals surface area contributed by atoms with E-state index in [0.29, 0.717) is 16.8 Å². The number of benzene rings is 1. The van der Waals surface area contributed by atoms with Gasteiger partial charge in [-0.2, -0.15) is 5.26 Å². The van der Waals surface area contributed by atoms with E-state index in [1.807, 2.05) is 63.3 Å². The van der Waals surface area contributed by atoms with Crippen molar-refractivity contribution in [3.05, 3.63) is 97.1 Å². The lowest BCUT2D eigenvalue weighted by Crippen LogP contribution is -2.34. The van der Waals surface area contributed by atoms with E-state index in [9.17, 15) is 18.5 Å². The minimum atomic E-state index is -3.40. The molecular weight excluding hydrogens is 611 g/mol. The standard InChI is InChI=1S/C37H39N5O4S/c1-21-22(2)30(39-29(21)13-26-16-36(5,6)37(7,20-38)42-26)14-31-23(3)24(4)32(40-31)15-33-27-18-47(44,45)19-28(27)34(41-33)35(43)46-17-25-11-9-8-10-12-25/h8-15,39-40H,16-19H2,1-7H3/b29-13?,30-14?,33-15-. The molecule has 47 heavy (non-hydrogen) atoms. The van der Waals surface area contributed by atoms with Gasteiger partial charge in [-0.05, 0) is 92.7 Å². The molecule has 0 fully saturated rings. The smallest absolute Gasteiger partial charge is 0.357 e. The summed E-state index contributed by atoms with van der Waals surface area (Å²) in [6, 6.07) is 11.7. The van der Waals surface area contributed by atoms with Gasteiger partial charge in [-0.25, -0.2) is 18.2 Å². The number of carbonyl (C=O) groups excluding carboxylic acids is 1. The van der Waals surface area contributed by atoms with Crippen LogP contribution in [-0.2, 0) is 26.0 Å². The molecule has 3 aliphatic rings. The first-order valence-corrected chi connectivity index (χ1v) is 17.5. The van der Waals surface area contributed by atoms with Crippen LogP contribution in [0.15, 0.2) is 57.2 Å². The summed E-state index contributed by atoms with van der Waals surface area (Å²) in [5.41, 5.74) is 8.14. The first kappa shape index (κ1) is 32.2. The van der Waals surface area contributed by atoms with Gasteiger partial charge in [0.25, 0.3) is 0 Å². The lowest BCUT2D eigenvalue weighted by Gasteiger charge is -2.29. The molecule has 0 radical (unpaired) electrons. The lowest BCUT2D eigenvalue weighted by atomic mass is 9.74. The van der Waals surface area contributed by atoms with Gasteiger partial charge in [0.2, 0.25) is 0 Å². The highest BCUT2D eigenvalue weighted by Gasteiger charge is 2.46. The van der Waals surface area contributed by atoms with Crippen LogP contribution in [0.4, 0.5) is 0 Å². The topological polar surface area (TPSA) is 141 Å². The van der Waals surface area contributed by atoms with Crippen molar-refractivity contribution in [1.29, 1.82) is 5.26 Å². The van der Waals surface area contributed by atoms with Crippen LogP contribution < -0.4 is 10.7 Å². The largest absolute Gasteiger partial charge is 0.456 e. The SMILES string of the molecule is Cc1c(C=c2[nH]c(=CC3=NC(C)(C#N)C(C)(C)C3)c(C)c2C)[nH]c(/C=C2\N=C(C(=O)OCc3ccccc3)C3=C2CS(=O)(=O)C3)c1C. The van der Waals surface area contributed by atoms with Gasteiger partial charge in [-0.15, -0.1) is 0 Å². The Labute approximate surface area is 275 Å². The summed E-state index contributed by atoms with van der Waals surface area (Å²) in [7, 11) is -3.40. The first-order chi connectivity index (χ1) is 22.1. The Hall–Kier alpha value is -4.75. The number of allylic oxidation sites excluding steroid dienone is 1. The van der Waals surface area contributed by atoms with Crippen molar-refractivity contribution in [2.75, 3.05) is 11.5 Å². The number of nitrogens with one attached hydrogen (secondary N) is 2. The Morgan fingerprint density at radius 2 is 1.53 bits per heavy atom. The monoisotopic (exact) mass is 649 g/mol. The number of aromatic amines is 2. The summed E-state index contributed by atoms with van der Waals surface area (Å²) >= 11 is 0. The van der Waals surface area contributed by atoms with Crippen LogP contribution in [0.1, 0.15) is 66.4 Å². The predicted octanol–water partition coefficient (Wildman–Crippen LogP) is 4.60. The Morgan fingerprint density at radius 1 is 0.915 bits per heavy atom. The number of carbonyl (C=O) groups is 1. The fraction of sp³-hybridized carbons (Fsp3) is 0.351. The normalized spacial score (nSPS) is 22.9. The van der Waals surface area contributed by atoms with Crippen LogP contribution in [0, 0.1) is 44.4 Å². The van der Waals surface area contributed by atoms with Gasteiger partial charge in [0.05, 0.1) is 23.3 Å². The van der Waals surface area contributed by atoms with Gasteiger partial charge >= 0.3 is 5.97 Å². The number of aliphatic imine (C=N–C) groups is 2. The minimum Gasteiger partial charge on any atom is -0.456 e. The van der Waals surface area contributed by atoms with Gasteiger partial charge in [-0.1, -0.05) is 44.2 Å². The highest BCUT2D eigenvalue weighted by Crippen LogP contribution is 2.43. The van der Waals surface area contributed by atoms with Crippen LogP contribution in [0.3, 0.4) is 0 Å². The van der Waals surface area contributed by atoms with E-state index in [-0.39, 0.29) is 29.2 Å². The molecule has 3 aliphatic heterocycles. The van der Waals surface area contributed by atoms with E-state index >= 15 is 0 Å². The van der Waals surface area contributed by atoms with Crippen molar-refractivity contribution in [2.24, 2.45) is 15.4 Å². The fourth-order valence-electron chi connectivity index (χ4n) is 6.30. The molecule has 0 amide bonds. The summed E-state index contributed by atoms with van der Waals surface area (Å²) < 4.78 is 30.8. The van der Waals surface area contributed by atoms with Crippen LogP contribution >= 0.6 is 0 Å². The quantitative estimate of drug-likeness (QED) is 0.376. The zero-order chi connectivity index (χ0) is 33.9. The molecule has 3 aromatic rings. The number of H-pyrrole nitrogens is 2. The number of sulfone groups is 1. The lowest BCUT2D eigenvalue weighted by molar-refractivity contribution is -0.136. The van der Waals surface area contributed by atoms with Crippen molar-refractivity contribution in [3.8, 4) is 6.07 Å². The zero-order valence-electron chi connectivity index (χ0n) is 27.8. The molecule has 1 unspecified atom stereocenters. The van der Waals surface area contributed by atoms with Gasteiger partial charge in [-0.3, -0.25) is 4.99 Å². The molecule has 10 heteroatoms. The number of esters is 1. The van der Waals surface area contributed by atoms with Gasteiger partial charge in [0.1, 0.15) is 12.1 Å². The highest BCUT2D eigenvalue weighted by atomic mass is 32.2. The summed E-state index contributed by atoms with van der Waals surface area (Å²) in [6.07, 6.45) is 6.66. The molecule has 0 bridgehead atoms. The molecule has 2 aromatic heterocycles. The number of rotatable bonds is 6. The molecule has 9 nitrogen and oxygen atoms in total. The maximum Gasteiger partial charge on any atom is 0.357 e. The molecule has 2 N–H and O–H groups in total. The molecule has 1 aromatic carbocycles. The molecular formula is C37H39N5O4S. The summed E-state index contributed by atoms with van der Waals surface area (Å²) in [6.45, 7) is 14.3. The van der Waals surface area contributed by atoms with Crippen molar-refractivity contribution in [1.82, 2.24) is 9.97 Å². The third-order valence-electron chi connectivity index (χ3n) is 10.0. The Bertz CT molecular complexity index is 2240.